The molecule has 0 saturated heterocycles. The van der Waals surface area contributed by atoms with Crippen molar-refractivity contribution >= 4 is 23.3 Å². The number of carbonyl (C=O) groups excluding carboxylic acids is 2. The van der Waals surface area contributed by atoms with E-state index in [9.17, 15) is 29.8 Å². The second-order valence-corrected chi connectivity index (χ2v) is 5.90. The van der Waals surface area contributed by atoms with Crippen molar-refractivity contribution < 1.29 is 24.2 Å². The van der Waals surface area contributed by atoms with E-state index in [0.717, 1.165) is 50.3 Å². The lowest BCUT2D eigenvalue weighted by molar-refractivity contribution is -0.394. The Hall–Kier alpha value is -3.04. The lowest BCUT2D eigenvalue weighted by Crippen LogP contribution is -2.27. The number of nitrogens with zero attached hydrogens (tertiary/aromatic N) is 2. The fraction of sp³-hybridized carbons (Fsp3) is 0.529. The average molecular weight is 381 g/mol. The Morgan fingerprint density at radius 2 is 1.59 bits per heavy atom. The first kappa shape index (κ1) is 22.0. The molecule has 148 valence electrons. The van der Waals surface area contributed by atoms with E-state index in [0.29, 0.717) is 6.42 Å². The van der Waals surface area contributed by atoms with E-state index in [1.165, 1.54) is 0 Å². The molecule has 1 aromatic rings. The summed E-state index contributed by atoms with van der Waals surface area (Å²) in [6.45, 7) is 2.06. The molecule has 1 amide bonds. The van der Waals surface area contributed by atoms with Crippen LogP contribution in [-0.2, 0) is 9.53 Å². The number of ether oxygens (including phenoxy) is 1. The summed E-state index contributed by atoms with van der Waals surface area (Å²) >= 11 is 0. The minimum absolute atomic E-state index is 0.0938. The molecule has 1 rings (SSSR count). The molecule has 0 saturated carbocycles. The number of rotatable bonds is 12. The van der Waals surface area contributed by atoms with Crippen LogP contribution in [0.15, 0.2) is 18.2 Å². The molecule has 0 spiro atoms. The SMILES string of the molecule is CCCCCCCC(=O)NCCOC(=O)c1cc([N+](=O)[O-])cc([N+](=O)[O-])c1. The van der Waals surface area contributed by atoms with E-state index in [1.807, 2.05) is 0 Å². The molecule has 1 N–H and O–H groups in total. The van der Waals surface area contributed by atoms with Gasteiger partial charge in [-0.3, -0.25) is 25.0 Å². The Bertz CT molecular complexity index is 659. The van der Waals surface area contributed by atoms with Gasteiger partial charge in [-0.1, -0.05) is 32.6 Å². The fourth-order valence-electron chi connectivity index (χ4n) is 2.32. The number of nitro groups is 2. The predicted molar refractivity (Wildman–Crippen MR) is 96.4 cm³/mol. The maximum atomic E-state index is 11.9. The van der Waals surface area contributed by atoms with Crippen LogP contribution in [-0.4, -0.2) is 34.9 Å². The van der Waals surface area contributed by atoms with Gasteiger partial charge in [-0.15, -0.1) is 0 Å². The molecule has 10 heteroatoms. The Morgan fingerprint density at radius 1 is 1.00 bits per heavy atom. The number of esters is 1. The molecule has 0 aliphatic rings. The lowest BCUT2D eigenvalue weighted by atomic mass is 10.1. The van der Waals surface area contributed by atoms with Crippen LogP contribution >= 0.6 is 0 Å². The summed E-state index contributed by atoms with van der Waals surface area (Å²) in [5.74, 6) is -1.08. The maximum absolute atomic E-state index is 11.9. The Morgan fingerprint density at radius 3 is 2.15 bits per heavy atom. The summed E-state index contributed by atoms with van der Waals surface area (Å²) in [7, 11) is 0. The smallest absolute Gasteiger partial charge is 0.338 e. The van der Waals surface area contributed by atoms with Gasteiger partial charge in [-0.2, -0.15) is 0 Å². The minimum Gasteiger partial charge on any atom is -0.460 e. The van der Waals surface area contributed by atoms with Gasteiger partial charge < -0.3 is 10.1 Å². The minimum atomic E-state index is -0.935. The molecule has 0 aliphatic carbocycles. The normalized spacial score (nSPS) is 10.3. The van der Waals surface area contributed by atoms with Crippen LogP contribution in [0.5, 0.6) is 0 Å². The number of benzene rings is 1. The molecule has 0 unspecified atom stereocenters. The van der Waals surface area contributed by atoms with Gasteiger partial charge in [-0.05, 0) is 6.42 Å². The molecule has 10 nitrogen and oxygen atoms in total. The zero-order chi connectivity index (χ0) is 20.2. The molecular weight excluding hydrogens is 358 g/mol. The molecule has 0 atom stereocenters. The van der Waals surface area contributed by atoms with Gasteiger partial charge in [0, 0.05) is 18.6 Å². The van der Waals surface area contributed by atoms with E-state index < -0.39 is 27.2 Å². The highest BCUT2D eigenvalue weighted by Crippen LogP contribution is 2.23. The third-order valence-electron chi connectivity index (χ3n) is 3.72. The van der Waals surface area contributed by atoms with Crippen LogP contribution in [0, 0.1) is 20.2 Å². The second kappa shape index (κ2) is 11.6. The van der Waals surface area contributed by atoms with Crippen molar-refractivity contribution in [2.45, 2.75) is 45.4 Å². The summed E-state index contributed by atoms with van der Waals surface area (Å²) in [6.07, 6.45) is 5.55. The lowest BCUT2D eigenvalue weighted by Gasteiger charge is -2.07. The summed E-state index contributed by atoms with van der Waals surface area (Å²) < 4.78 is 4.91. The molecule has 0 heterocycles. The van der Waals surface area contributed by atoms with E-state index in [-0.39, 0.29) is 24.6 Å². The van der Waals surface area contributed by atoms with Gasteiger partial charge in [0.2, 0.25) is 5.91 Å². The van der Waals surface area contributed by atoms with E-state index in [2.05, 4.69) is 12.2 Å². The van der Waals surface area contributed by atoms with Crippen LogP contribution in [0.2, 0.25) is 0 Å². The van der Waals surface area contributed by atoms with Crippen molar-refractivity contribution in [3.63, 3.8) is 0 Å². The molecule has 0 fully saturated rings. The summed E-state index contributed by atoms with van der Waals surface area (Å²) in [6, 6.07) is 2.58. The molecule has 0 aromatic heterocycles. The van der Waals surface area contributed by atoms with Crippen LogP contribution in [0.4, 0.5) is 11.4 Å². The van der Waals surface area contributed by atoms with Crippen molar-refractivity contribution in [2.75, 3.05) is 13.2 Å². The highest BCUT2D eigenvalue weighted by Gasteiger charge is 2.20. The Balaban J connectivity index is 2.43. The molecule has 0 aliphatic heterocycles. The van der Waals surface area contributed by atoms with Gasteiger partial charge in [-0.25, -0.2) is 4.79 Å². The number of amides is 1. The summed E-state index contributed by atoms with van der Waals surface area (Å²) in [5.41, 5.74) is -1.45. The third kappa shape index (κ3) is 8.25. The van der Waals surface area contributed by atoms with Gasteiger partial charge >= 0.3 is 5.97 Å². The average Bonchev–Trinajstić information content (AvgIpc) is 2.64. The van der Waals surface area contributed by atoms with Crippen molar-refractivity contribution in [1.29, 1.82) is 0 Å². The van der Waals surface area contributed by atoms with Crippen molar-refractivity contribution in [1.82, 2.24) is 5.32 Å². The zero-order valence-corrected chi connectivity index (χ0v) is 15.1. The van der Waals surface area contributed by atoms with Crippen LogP contribution < -0.4 is 5.32 Å². The Kier molecular flexibility index (Phi) is 9.41. The molecule has 1 aromatic carbocycles. The first-order valence-electron chi connectivity index (χ1n) is 8.72. The fourth-order valence-corrected chi connectivity index (χ4v) is 2.32. The van der Waals surface area contributed by atoms with Crippen LogP contribution in [0.25, 0.3) is 0 Å². The molecule has 27 heavy (non-hydrogen) atoms. The van der Waals surface area contributed by atoms with Crippen molar-refractivity contribution in [2.24, 2.45) is 0 Å². The van der Waals surface area contributed by atoms with Gasteiger partial charge in [0.25, 0.3) is 11.4 Å². The summed E-state index contributed by atoms with van der Waals surface area (Å²) in [4.78, 5) is 43.5. The summed E-state index contributed by atoms with van der Waals surface area (Å²) in [5, 5.41) is 24.2. The number of nitrogens with one attached hydrogen (secondary N) is 1. The van der Waals surface area contributed by atoms with E-state index >= 15 is 0 Å². The highest BCUT2D eigenvalue weighted by molar-refractivity contribution is 5.91. The van der Waals surface area contributed by atoms with Gasteiger partial charge in [0.15, 0.2) is 0 Å². The van der Waals surface area contributed by atoms with E-state index in [1.54, 1.807) is 0 Å². The van der Waals surface area contributed by atoms with Crippen LogP contribution in [0.3, 0.4) is 0 Å². The predicted octanol–water partition coefficient (Wildman–Crippen LogP) is 3.14. The number of hydrogen-bond donors (Lipinski definition) is 1. The topological polar surface area (TPSA) is 142 Å². The first-order valence-corrected chi connectivity index (χ1v) is 8.72. The molecular formula is C17H23N3O7. The third-order valence-corrected chi connectivity index (χ3v) is 3.72. The van der Waals surface area contributed by atoms with Crippen molar-refractivity contribution in [3.05, 3.63) is 44.0 Å². The number of nitro benzene ring substituents is 2. The first-order chi connectivity index (χ1) is 12.8. The quantitative estimate of drug-likeness (QED) is 0.254. The van der Waals surface area contributed by atoms with Crippen molar-refractivity contribution in [3.8, 4) is 0 Å². The van der Waals surface area contributed by atoms with E-state index in [4.69, 9.17) is 4.74 Å². The number of hydrogen-bond acceptors (Lipinski definition) is 7. The monoisotopic (exact) mass is 381 g/mol. The number of unbranched alkanes of at least 4 members (excludes halogenated alkanes) is 4. The standard InChI is InChI=1S/C17H23N3O7/c1-2-3-4-5-6-7-16(21)18-8-9-27-17(22)13-10-14(19(23)24)12-15(11-13)20(25)26/h10-12H,2-9H2,1H3,(H,18,21). The Labute approximate surface area is 156 Å². The zero-order valence-electron chi connectivity index (χ0n) is 15.1. The molecule has 0 bridgehead atoms. The van der Waals surface area contributed by atoms with Crippen LogP contribution in [0.1, 0.15) is 55.8 Å². The highest BCUT2D eigenvalue weighted by atomic mass is 16.6. The van der Waals surface area contributed by atoms with Gasteiger partial charge in [0.1, 0.15) is 6.61 Å². The molecule has 0 radical (unpaired) electrons. The largest absolute Gasteiger partial charge is 0.460 e. The second-order valence-electron chi connectivity index (χ2n) is 5.90. The van der Waals surface area contributed by atoms with Gasteiger partial charge in [0.05, 0.1) is 28.0 Å². The maximum Gasteiger partial charge on any atom is 0.338 e. The number of non-ortho nitro benzene ring substituents is 2. The number of carbonyl (C=O) groups is 2.